The molecule has 0 bridgehead atoms. The maximum atomic E-state index is 5.44. The minimum Gasteiger partial charge on any atom is -0.382 e. The highest BCUT2D eigenvalue weighted by atomic mass is 16.5. The zero-order chi connectivity index (χ0) is 17.7. The molecule has 0 aliphatic carbocycles. The molecule has 5 heteroatoms. The van der Waals surface area contributed by atoms with Crippen molar-refractivity contribution >= 4 is 5.96 Å². The van der Waals surface area contributed by atoms with E-state index in [2.05, 4.69) is 59.8 Å². The number of methoxy groups -OCH3 is 1. The van der Waals surface area contributed by atoms with Gasteiger partial charge in [0.25, 0.3) is 0 Å². The number of hydrogen-bond donors (Lipinski definition) is 2. The predicted molar refractivity (Wildman–Crippen MR) is 101 cm³/mol. The van der Waals surface area contributed by atoms with Crippen LogP contribution in [0, 0.1) is 5.41 Å². The molecule has 0 unspecified atom stereocenters. The average Bonchev–Trinajstić information content (AvgIpc) is 2.57. The molecule has 1 aromatic carbocycles. The Morgan fingerprint density at radius 3 is 2.50 bits per heavy atom. The summed E-state index contributed by atoms with van der Waals surface area (Å²) in [5.41, 5.74) is 1.52. The summed E-state index contributed by atoms with van der Waals surface area (Å²) in [6.07, 6.45) is 1.98. The second kappa shape index (κ2) is 11.9. The fourth-order valence-corrected chi connectivity index (χ4v) is 2.38. The van der Waals surface area contributed by atoms with Gasteiger partial charge in [0.05, 0.1) is 13.2 Å². The smallest absolute Gasteiger partial charge is 0.190 e. The van der Waals surface area contributed by atoms with Gasteiger partial charge in [0, 0.05) is 33.9 Å². The van der Waals surface area contributed by atoms with Crippen LogP contribution in [0.25, 0.3) is 0 Å². The molecular weight excluding hydrogens is 302 g/mol. The van der Waals surface area contributed by atoms with E-state index >= 15 is 0 Å². The van der Waals surface area contributed by atoms with Crippen LogP contribution in [0.1, 0.15) is 25.8 Å². The molecule has 0 spiro atoms. The maximum absolute atomic E-state index is 5.44. The van der Waals surface area contributed by atoms with Crippen LogP contribution in [-0.2, 0) is 15.9 Å². The Morgan fingerprint density at radius 2 is 1.83 bits per heavy atom. The van der Waals surface area contributed by atoms with E-state index in [4.69, 9.17) is 9.47 Å². The van der Waals surface area contributed by atoms with Crippen molar-refractivity contribution in [2.45, 2.75) is 26.7 Å². The van der Waals surface area contributed by atoms with Gasteiger partial charge < -0.3 is 20.1 Å². The van der Waals surface area contributed by atoms with Crippen molar-refractivity contribution in [1.29, 1.82) is 0 Å². The molecule has 24 heavy (non-hydrogen) atoms. The van der Waals surface area contributed by atoms with Gasteiger partial charge in [-0.15, -0.1) is 0 Å². The van der Waals surface area contributed by atoms with Crippen LogP contribution in [-0.4, -0.2) is 53.0 Å². The number of ether oxygens (including phenoxy) is 2. The lowest BCUT2D eigenvalue weighted by Gasteiger charge is -2.26. The Hall–Kier alpha value is -1.59. The number of guanidine groups is 1. The molecule has 136 valence electrons. The molecule has 1 aromatic rings. The molecule has 0 aliphatic rings. The SMILES string of the molecule is CN=C(NCCCOCCOC)NCC(C)(C)Cc1ccccc1. The van der Waals surface area contributed by atoms with Gasteiger partial charge in [-0.05, 0) is 23.8 Å². The summed E-state index contributed by atoms with van der Waals surface area (Å²) < 4.78 is 10.4. The second-order valence-electron chi connectivity index (χ2n) is 6.64. The topological polar surface area (TPSA) is 54.9 Å². The number of rotatable bonds is 11. The van der Waals surface area contributed by atoms with E-state index in [0.29, 0.717) is 13.2 Å². The van der Waals surface area contributed by atoms with Crippen molar-refractivity contribution in [3.05, 3.63) is 35.9 Å². The second-order valence-corrected chi connectivity index (χ2v) is 6.64. The molecule has 0 amide bonds. The van der Waals surface area contributed by atoms with Gasteiger partial charge in [-0.1, -0.05) is 44.2 Å². The van der Waals surface area contributed by atoms with E-state index in [1.54, 1.807) is 14.2 Å². The van der Waals surface area contributed by atoms with Gasteiger partial charge in [-0.3, -0.25) is 4.99 Å². The Labute approximate surface area is 146 Å². The lowest BCUT2D eigenvalue weighted by Crippen LogP contribution is -2.43. The van der Waals surface area contributed by atoms with Crippen LogP contribution in [0.4, 0.5) is 0 Å². The predicted octanol–water partition coefficient (Wildman–Crippen LogP) is 2.47. The van der Waals surface area contributed by atoms with E-state index in [9.17, 15) is 0 Å². The lowest BCUT2D eigenvalue weighted by atomic mass is 9.86. The third-order valence-corrected chi connectivity index (χ3v) is 3.67. The monoisotopic (exact) mass is 335 g/mol. The molecule has 0 atom stereocenters. The van der Waals surface area contributed by atoms with E-state index in [0.717, 1.165) is 38.5 Å². The molecule has 5 nitrogen and oxygen atoms in total. The third-order valence-electron chi connectivity index (χ3n) is 3.67. The summed E-state index contributed by atoms with van der Waals surface area (Å²) >= 11 is 0. The van der Waals surface area contributed by atoms with Crippen LogP contribution < -0.4 is 10.6 Å². The molecule has 0 fully saturated rings. The first-order chi connectivity index (χ1) is 11.6. The largest absolute Gasteiger partial charge is 0.382 e. The fraction of sp³-hybridized carbons (Fsp3) is 0.632. The summed E-state index contributed by atoms with van der Waals surface area (Å²) in [4.78, 5) is 4.28. The van der Waals surface area contributed by atoms with E-state index in [-0.39, 0.29) is 5.41 Å². The fourth-order valence-electron chi connectivity index (χ4n) is 2.38. The van der Waals surface area contributed by atoms with Crippen LogP contribution in [0.3, 0.4) is 0 Å². The first-order valence-electron chi connectivity index (χ1n) is 8.62. The van der Waals surface area contributed by atoms with Crippen molar-refractivity contribution < 1.29 is 9.47 Å². The lowest BCUT2D eigenvalue weighted by molar-refractivity contribution is 0.0698. The highest BCUT2D eigenvalue weighted by Gasteiger charge is 2.18. The van der Waals surface area contributed by atoms with E-state index < -0.39 is 0 Å². The minimum atomic E-state index is 0.155. The first-order valence-corrected chi connectivity index (χ1v) is 8.62. The van der Waals surface area contributed by atoms with Gasteiger partial charge in [0.15, 0.2) is 5.96 Å². The van der Waals surface area contributed by atoms with Gasteiger partial charge in [-0.2, -0.15) is 0 Å². The molecule has 2 N–H and O–H groups in total. The van der Waals surface area contributed by atoms with Crippen LogP contribution in [0.2, 0.25) is 0 Å². The standard InChI is InChI=1S/C19H33N3O2/c1-19(2,15-17-9-6-5-7-10-17)16-22-18(20-3)21-11-8-12-24-14-13-23-4/h5-7,9-10H,8,11-16H2,1-4H3,(H2,20,21,22). The normalized spacial score (nSPS) is 12.2. The molecule has 0 aromatic heterocycles. The highest BCUT2D eigenvalue weighted by molar-refractivity contribution is 5.79. The van der Waals surface area contributed by atoms with Gasteiger partial charge in [0.2, 0.25) is 0 Å². The highest BCUT2D eigenvalue weighted by Crippen LogP contribution is 2.20. The Bertz CT molecular complexity index is 461. The summed E-state index contributed by atoms with van der Waals surface area (Å²) in [5.74, 6) is 0.841. The van der Waals surface area contributed by atoms with Crippen LogP contribution in [0.5, 0.6) is 0 Å². The van der Waals surface area contributed by atoms with Gasteiger partial charge >= 0.3 is 0 Å². The number of hydrogen-bond acceptors (Lipinski definition) is 3. The average molecular weight is 335 g/mol. The van der Waals surface area contributed by atoms with Crippen molar-refractivity contribution in [3.63, 3.8) is 0 Å². The molecule has 0 heterocycles. The summed E-state index contributed by atoms with van der Waals surface area (Å²) in [5, 5.41) is 6.74. The number of aliphatic imine (C=N–C) groups is 1. The zero-order valence-corrected chi connectivity index (χ0v) is 15.6. The zero-order valence-electron chi connectivity index (χ0n) is 15.6. The molecule has 0 radical (unpaired) electrons. The molecule has 1 rings (SSSR count). The van der Waals surface area contributed by atoms with Gasteiger partial charge in [0.1, 0.15) is 0 Å². The summed E-state index contributed by atoms with van der Waals surface area (Å²) in [6.45, 7) is 8.27. The number of nitrogens with one attached hydrogen (secondary N) is 2. The first kappa shape index (κ1) is 20.5. The molecular formula is C19H33N3O2. The van der Waals surface area contributed by atoms with Crippen molar-refractivity contribution in [1.82, 2.24) is 10.6 Å². The van der Waals surface area contributed by atoms with Crippen molar-refractivity contribution in [3.8, 4) is 0 Å². The van der Waals surface area contributed by atoms with Gasteiger partial charge in [-0.25, -0.2) is 0 Å². The van der Waals surface area contributed by atoms with Crippen molar-refractivity contribution in [2.24, 2.45) is 10.4 Å². The maximum Gasteiger partial charge on any atom is 0.190 e. The third kappa shape index (κ3) is 9.53. The Morgan fingerprint density at radius 1 is 1.08 bits per heavy atom. The quantitative estimate of drug-likeness (QED) is 0.371. The molecule has 0 saturated heterocycles. The molecule has 0 saturated carbocycles. The summed E-state index contributed by atoms with van der Waals surface area (Å²) in [6, 6.07) is 10.6. The van der Waals surface area contributed by atoms with Crippen LogP contribution >= 0.6 is 0 Å². The van der Waals surface area contributed by atoms with Crippen molar-refractivity contribution in [2.75, 3.05) is 47.1 Å². The Kier molecular flexibility index (Phi) is 10.1. The number of nitrogens with zero attached hydrogens (tertiary/aromatic N) is 1. The van der Waals surface area contributed by atoms with E-state index in [1.807, 2.05) is 0 Å². The number of benzene rings is 1. The van der Waals surface area contributed by atoms with Crippen LogP contribution in [0.15, 0.2) is 35.3 Å². The summed E-state index contributed by atoms with van der Waals surface area (Å²) in [7, 11) is 3.48. The molecule has 0 aliphatic heterocycles. The Balaban J connectivity index is 2.22. The van der Waals surface area contributed by atoms with E-state index in [1.165, 1.54) is 5.56 Å². The minimum absolute atomic E-state index is 0.155.